The normalized spacial score (nSPS) is 15.3. The molecule has 16 N–H and O–H groups in total. The Bertz CT molecular complexity index is 1900. The maximum atomic E-state index is 15.6. The van der Waals surface area contributed by atoms with E-state index in [1.54, 1.807) is 10.6 Å². The Hall–Kier alpha value is -7.57. The third-order valence-corrected chi connectivity index (χ3v) is 9.59. The van der Waals surface area contributed by atoms with Crippen LogP contribution in [0.15, 0.2) is 0 Å². The van der Waals surface area contributed by atoms with Crippen molar-refractivity contribution in [3.05, 3.63) is 0 Å². The number of amides is 6. The number of carboxylic acid groups (broad SMARTS) is 6. The first-order valence-electron chi connectivity index (χ1n) is 20.7. The lowest BCUT2D eigenvalue weighted by Crippen LogP contribution is -2.60. The first-order valence-corrected chi connectivity index (χ1v) is 20.7. The molecule has 392 valence electrons. The van der Waals surface area contributed by atoms with E-state index in [1.165, 1.54) is 27.7 Å². The van der Waals surface area contributed by atoms with Gasteiger partial charge in [0.15, 0.2) is 11.6 Å². The van der Waals surface area contributed by atoms with Gasteiger partial charge in [-0.25, -0.2) is 8.78 Å². The van der Waals surface area contributed by atoms with Gasteiger partial charge in [-0.2, -0.15) is 0 Å². The number of alkyl halides is 2. The molecule has 0 radical (unpaired) electrons. The van der Waals surface area contributed by atoms with E-state index in [0.29, 0.717) is 0 Å². The van der Waals surface area contributed by atoms with E-state index < -0.39 is 212 Å². The smallest absolute Gasteiger partial charge is 0.305 e. The quantitative estimate of drug-likeness (QED) is 0.0268. The molecular weight excluding hydrogens is 954 g/mol. The van der Waals surface area contributed by atoms with Crippen LogP contribution in [0.2, 0.25) is 0 Å². The lowest BCUT2D eigenvalue weighted by atomic mass is 9.94. The average Bonchev–Trinajstić information content (AvgIpc) is 3.23. The second-order valence-corrected chi connectivity index (χ2v) is 16.1. The molecule has 0 fully saturated rings. The first-order chi connectivity index (χ1) is 32.2. The highest BCUT2D eigenvalue weighted by atomic mass is 19.1. The zero-order valence-electron chi connectivity index (χ0n) is 37.8. The van der Waals surface area contributed by atoms with Gasteiger partial charge in [-0.15, -0.1) is 0 Å². The van der Waals surface area contributed by atoms with Gasteiger partial charge in [-0.05, 0) is 24.7 Å². The molecule has 0 aromatic rings. The van der Waals surface area contributed by atoms with E-state index >= 15 is 8.78 Å². The van der Waals surface area contributed by atoms with Crippen LogP contribution in [0.5, 0.6) is 0 Å². The number of nitrogens with one attached hydrogen (secondary N) is 6. The van der Waals surface area contributed by atoms with Crippen LogP contribution in [-0.4, -0.2) is 180 Å². The fraction of sp³-hybridized carbons (Fsp3) is 0.615. The van der Waals surface area contributed by atoms with Gasteiger partial charge in [0.2, 0.25) is 53.6 Å². The zero-order chi connectivity index (χ0) is 54.5. The van der Waals surface area contributed by atoms with Crippen LogP contribution in [0, 0.1) is 11.8 Å². The number of carboxylic acids is 6. The molecule has 0 spiro atoms. The average molecular weight is 1010 g/mol. The Morgan fingerprint density at radius 3 is 0.886 bits per heavy atom. The number of carbonyl (C=O) groups excluding carboxylic acids is 9. The van der Waals surface area contributed by atoms with E-state index in [9.17, 15) is 82.1 Å². The SMILES string of the molecule is CC(C)[C@H](NC(=O)[C@H](CCC(=O)O)NC(=O)[C@@H](N)CC(=O)O)C(=O)N[C@@H](CC(=O)O)C(=O)C(F)C(=O)C(F)C(=O)[C@H](CC(=O)O)NC(=O)[C@@H](NC(=O)[C@H](CCC(=O)O)NC(=O)[C@@H](N)CC(=O)O)C(C)C. The number of ketones is 3. The van der Waals surface area contributed by atoms with E-state index in [4.69, 9.17) is 31.9 Å². The number of rotatable bonds is 34. The number of carbonyl (C=O) groups is 15. The molecule has 0 aliphatic carbocycles. The summed E-state index contributed by atoms with van der Waals surface area (Å²) in [4.78, 5) is 185. The molecule has 29 nitrogen and oxygen atoms in total. The molecule has 0 bridgehead atoms. The molecule has 70 heavy (non-hydrogen) atoms. The molecule has 0 saturated heterocycles. The lowest BCUT2D eigenvalue weighted by molar-refractivity contribution is -0.148. The van der Waals surface area contributed by atoms with Gasteiger partial charge < -0.3 is 74.0 Å². The number of Topliss-reactive ketones (excluding diaryl/α,β-unsaturated/α-hetero) is 3. The Labute approximate surface area is 394 Å². The summed E-state index contributed by atoms with van der Waals surface area (Å²) in [5.41, 5.74) is 11.0. The van der Waals surface area contributed by atoms with E-state index in [2.05, 4.69) is 10.6 Å². The highest BCUT2D eigenvalue weighted by Crippen LogP contribution is 2.15. The number of nitrogens with two attached hydrogens (primary N) is 2. The minimum atomic E-state index is -3.80. The monoisotopic (exact) mass is 1010 g/mol. The summed E-state index contributed by atoms with van der Waals surface area (Å²) >= 11 is 0. The van der Waals surface area contributed by atoms with Gasteiger partial charge in [0.05, 0.1) is 37.8 Å². The second kappa shape index (κ2) is 29.3. The van der Waals surface area contributed by atoms with Gasteiger partial charge in [0.1, 0.15) is 36.3 Å². The minimum Gasteiger partial charge on any atom is -0.481 e. The summed E-state index contributed by atoms with van der Waals surface area (Å²) in [6, 6.07) is -15.9. The maximum absolute atomic E-state index is 15.6. The van der Waals surface area contributed by atoms with Crippen molar-refractivity contribution >= 4 is 88.6 Å². The largest absolute Gasteiger partial charge is 0.481 e. The molecule has 0 aromatic carbocycles. The van der Waals surface area contributed by atoms with Gasteiger partial charge in [-0.3, -0.25) is 71.9 Å². The number of aliphatic carboxylic acids is 6. The number of hydrogen-bond donors (Lipinski definition) is 14. The van der Waals surface area contributed by atoms with Crippen molar-refractivity contribution in [2.75, 3.05) is 0 Å². The standard InChI is InChI=1S/C39H56F2N8O21/c1-13(2)29(48-36(67)17(5-7-21(50)51)44-34(65)15(42)9-23(54)55)38(69)46-19(11-25(58)59)31(62)27(40)33(64)28(41)32(63)20(12-26(60)61)47-39(70)30(14(3)4)49-37(68)18(6-8-22(52)53)45-35(66)16(43)10-24(56)57/h13-20,27-30H,5-12,42-43H2,1-4H3,(H,44,65)(H,45,66)(H,46,69)(H,47,70)(H,48,67)(H,49,68)(H,50,51)(H,52,53)(H,54,55)(H,56,57)(H,58,59)(H,60,61)/t15-,16-,17-,18-,19-,20-,27?,28?,29-,30-/m0/s1. The Morgan fingerprint density at radius 2 is 0.643 bits per heavy atom. The molecule has 31 heteroatoms. The molecular formula is C39H56F2N8O21. The van der Waals surface area contributed by atoms with E-state index in [1.807, 2.05) is 10.6 Å². The summed E-state index contributed by atoms with van der Waals surface area (Å²) in [5, 5.41) is 66.7. The molecule has 10 atom stereocenters. The molecule has 6 amide bonds. The number of hydrogen-bond acceptors (Lipinski definition) is 17. The number of halogens is 2. The molecule has 2 unspecified atom stereocenters. The predicted molar refractivity (Wildman–Crippen MR) is 225 cm³/mol. The fourth-order valence-electron chi connectivity index (χ4n) is 5.85. The third-order valence-electron chi connectivity index (χ3n) is 9.59. The summed E-state index contributed by atoms with van der Waals surface area (Å²) in [6.45, 7) is 5.05. The van der Waals surface area contributed by atoms with Crippen LogP contribution in [-0.2, 0) is 71.9 Å². The zero-order valence-corrected chi connectivity index (χ0v) is 37.8. The molecule has 0 aliphatic heterocycles. The summed E-state index contributed by atoms with van der Waals surface area (Å²) in [7, 11) is 0. The van der Waals surface area contributed by atoms with E-state index in [0.717, 1.165) is 0 Å². The van der Waals surface area contributed by atoms with Crippen LogP contribution >= 0.6 is 0 Å². The highest BCUT2D eigenvalue weighted by molar-refractivity contribution is 6.18. The lowest BCUT2D eigenvalue weighted by Gasteiger charge is -2.28. The van der Waals surface area contributed by atoms with Gasteiger partial charge in [0.25, 0.3) is 0 Å². The topological polar surface area (TPSA) is 502 Å². The van der Waals surface area contributed by atoms with Crippen molar-refractivity contribution in [3.8, 4) is 0 Å². The van der Waals surface area contributed by atoms with Crippen LogP contribution in [0.3, 0.4) is 0 Å². The van der Waals surface area contributed by atoms with Crippen molar-refractivity contribution < 1.29 is 111 Å². The minimum absolute atomic E-state index is 0.661. The van der Waals surface area contributed by atoms with Crippen molar-refractivity contribution in [2.45, 2.75) is 140 Å². The molecule has 0 rings (SSSR count). The predicted octanol–water partition coefficient (Wildman–Crippen LogP) is -5.13. The van der Waals surface area contributed by atoms with Crippen molar-refractivity contribution in [1.82, 2.24) is 31.9 Å². The van der Waals surface area contributed by atoms with Gasteiger partial charge >= 0.3 is 35.8 Å². The van der Waals surface area contributed by atoms with Crippen LogP contribution < -0.4 is 43.4 Å². The molecule has 0 aromatic heterocycles. The Kier molecular flexibility index (Phi) is 26.2. The third kappa shape index (κ3) is 22.0. The molecule has 0 heterocycles. The van der Waals surface area contributed by atoms with Crippen molar-refractivity contribution in [3.63, 3.8) is 0 Å². The fourth-order valence-corrected chi connectivity index (χ4v) is 5.85. The van der Waals surface area contributed by atoms with Gasteiger partial charge in [-0.1, -0.05) is 27.7 Å². The van der Waals surface area contributed by atoms with Crippen molar-refractivity contribution in [1.29, 1.82) is 0 Å². The summed E-state index contributed by atoms with van der Waals surface area (Å²) in [5.74, 6) is -26.9. The van der Waals surface area contributed by atoms with Crippen molar-refractivity contribution in [2.24, 2.45) is 23.3 Å². The summed E-state index contributed by atoms with van der Waals surface area (Å²) in [6.07, 6.45) is -15.4. The molecule has 0 aliphatic rings. The van der Waals surface area contributed by atoms with Crippen LogP contribution in [0.1, 0.15) is 79.1 Å². The second-order valence-electron chi connectivity index (χ2n) is 16.1. The molecule has 0 saturated carbocycles. The first kappa shape index (κ1) is 62.4. The highest BCUT2D eigenvalue weighted by Gasteiger charge is 2.44. The van der Waals surface area contributed by atoms with Crippen LogP contribution in [0.25, 0.3) is 0 Å². The summed E-state index contributed by atoms with van der Waals surface area (Å²) < 4.78 is 31.2. The van der Waals surface area contributed by atoms with Crippen LogP contribution in [0.4, 0.5) is 8.78 Å². The van der Waals surface area contributed by atoms with Gasteiger partial charge in [0, 0.05) is 12.8 Å². The Balaban J connectivity index is 6.50. The van der Waals surface area contributed by atoms with E-state index in [-0.39, 0.29) is 0 Å². The Morgan fingerprint density at radius 1 is 0.371 bits per heavy atom. The maximum Gasteiger partial charge on any atom is 0.305 e.